The molecule has 2 fully saturated rings. The van der Waals surface area contributed by atoms with Crippen molar-refractivity contribution in [3.05, 3.63) is 34.6 Å². The maximum absolute atomic E-state index is 15.5. The van der Waals surface area contributed by atoms with E-state index < -0.39 is 17.1 Å². The maximum atomic E-state index is 15.5. The van der Waals surface area contributed by atoms with Crippen LogP contribution in [0, 0.1) is 17.7 Å². The second-order valence-electron chi connectivity index (χ2n) is 11.2. The van der Waals surface area contributed by atoms with Gasteiger partial charge in [0.2, 0.25) is 5.91 Å². The number of carbonyl (C=O) groups excluding carboxylic acids is 1. The van der Waals surface area contributed by atoms with Gasteiger partial charge >= 0.3 is 0 Å². The van der Waals surface area contributed by atoms with Crippen LogP contribution in [-0.4, -0.2) is 62.0 Å². The topological polar surface area (TPSA) is 61.8 Å². The number of nitrogens with zero attached hydrogens (tertiary/aromatic N) is 1. The summed E-state index contributed by atoms with van der Waals surface area (Å²) in [5, 5.41) is 15.1. The lowest BCUT2D eigenvalue weighted by atomic mass is 9.74. The summed E-state index contributed by atoms with van der Waals surface area (Å²) in [5.74, 6) is -0.917. The molecule has 2 aliphatic rings. The average molecular weight is 543 g/mol. The lowest BCUT2D eigenvalue weighted by molar-refractivity contribution is -0.138. The van der Waals surface area contributed by atoms with Gasteiger partial charge in [-0.1, -0.05) is 43.0 Å². The lowest BCUT2D eigenvalue weighted by Gasteiger charge is -2.43. The number of hydrogen-bond acceptors (Lipinski definition) is 4. The largest absolute Gasteiger partial charge is 0.385 e. The summed E-state index contributed by atoms with van der Waals surface area (Å²) in [6.07, 6.45) is 8.06. The van der Waals surface area contributed by atoms with Crippen LogP contribution in [0.3, 0.4) is 0 Å². The molecule has 37 heavy (non-hydrogen) atoms. The van der Waals surface area contributed by atoms with Crippen molar-refractivity contribution in [2.24, 2.45) is 11.8 Å². The molecule has 0 spiro atoms. The highest BCUT2D eigenvalue weighted by Gasteiger charge is 2.43. The number of carbonyl (C=O) groups is 1. The highest BCUT2D eigenvalue weighted by Crippen LogP contribution is 2.43. The Balaban J connectivity index is 1.74. The van der Waals surface area contributed by atoms with Crippen LogP contribution < -0.4 is 5.32 Å². The van der Waals surface area contributed by atoms with E-state index in [0.29, 0.717) is 70.3 Å². The second-order valence-corrected chi connectivity index (χ2v) is 11.6. The minimum absolute atomic E-state index is 0.00330. The number of methoxy groups -OCH3 is 1. The number of unbranched alkanes of at least 4 members (excludes halogenated alkanes) is 1. The minimum Gasteiger partial charge on any atom is -0.385 e. The van der Waals surface area contributed by atoms with Crippen molar-refractivity contribution in [3.8, 4) is 0 Å². The van der Waals surface area contributed by atoms with E-state index in [4.69, 9.17) is 16.3 Å². The summed E-state index contributed by atoms with van der Waals surface area (Å²) >= 11 is 6.36. The molecule has 0 unspecified atom stereocenters. The third-order valence-corrected chi connectivity index (χ3v) is 8.77. The van der Waals surface area contributed by atoms with Crippen LogP contribution in [-0.2, 0) is 15.1 Å². The summed E-state index contributed by atoms with van der Waals surface area (Å²) in [7, 11) is 3.48. The van der Waals surface area contributed by atoms with Crippen LogP contribution in [0.25, 0.3) is 0 Å². The molecule has 3 atom stereocenters. The van der Waals surface area contributed by atoms with Gasteiger partial charge in [-0.3, -0.25) is 4.79 Å². The van der Waals surface area contributed by atoms with Crippen molar-refractivity contribution in [1.29, 1.82) is 0 Å². The highest BCUT2D eigenvalue weighted by atomic mass is 35.5. The van der Waals surface area contributed by atoms with Gasteiger partial charge in [-0.25, -0.2) is 8.78 Å². The van der Waals surface area contributed by atoms with Gasteiger partial charge in [-0.2, -0.15) is 0 Å². The van der Waals surface area contributed by atoms with Crippen molar-refractivity contribution in [1.82, 2.24) is 10.2 Å². The second kappa shape index (κ2) is 14.2. The van der Waals surface area contributed by atoms with Gasteiger partial charge in [0.25, 0.3) is 0 Å². The first-order valence-electron chi connectivity index (χ1n) is 14.0. The summed E-state index contributed by atoms with van der Waals surface area (Å²) in [6.45, 7) is 2.15. The zero-order valence-electron chi connectivity index (χ0n) is 22.5. The standard InChI is InChI=1S/C29H45ClF2N2O3/c1-33-20-22(19-28(32)13-4-3-5-14-28)18-26(35)34-16-9-10-23(21-34)29(36,15-6-7-17-37-2)24-11-8-12-25(31)27(24)30/h8,11-12,22-23,33,36H,3-7,9-10,13-21H2,1-2H3/t22-,23+,29-/m0/s1. The van der Waals surface area contributed by atoms with Crippen molar-refractivity contribution in [3.63, 3.8) is 0 Å². The van der Waals surface area contributed by atoms with Gasteiger partial charge in [-0.15, -0.1) is 0 Å². The van der Waals surface area contributed by atoms with E-state index in [2.05, 4.69) is 5.32 Å². The first kappa shape index (κ1) is 30.3. The third kappa shape index (κ3) is 8.11. The quantitative estimate of drug-likeness (QED) is 0.300. The van der Waals surface area contributed by atoms with Gasteiger partial charge in [0.05, 0.1) is 10.6 Å². The van der Waals surface area contributed by atoms with Crippen molar-refractivity contribution >= 4 is 17.5 Å². The van der Waals surface area contributed by atoms with Gasteiger partial charge in [0, 0.05) is 44.7 Å². The molecule has 1 saturated heterocycles. The molecule has 1 saturated carbocycles. The van der Waals surface area contributed by atoms with Crippen LogP contribution >= 0.6 is 11.6 Å². The van der Waals surface area contributed by atoms with Gasteiger partial charge in [0.15, 0.2) is 0 Å². The molecule has 210 valence electrons. The Morgan fingerprint density at radius 1 is 1.30 bits per heavy atom. The molecule has 1 aromatic rings. The van der Waals surface area contributed by atoms with E-state index in [1.54, 1.807) is 19.2 Å². The lowest BCUT2D eigenvalue weighted by Crippen LogP contribution is -2.49. The molecular weight excluding hydrogens is 498 g/mol. The molecular formula is C29H45ClF2N2O3. The SMILES string of the molecule is CNC[C@@H](CC(=O)N1CCC[C@@H]([C@@](O)(CCCCOC)c2cccc(F)c2Cl)C1)CC1(F)CCCCC1. The third-order valence-electron chi connectivity index (χ3n) is 8.38. The molecule has 5 nitrogen and oxygen atoms in total. The van der Waals surface area contributed by atoms with Crippen LogP contribution in [0.5, 0.6) is 0 Å². The Kier molecular flexibility index (Phi) is 11.6. The molecule has 2 N–H and O–H groups in total. The maximum Gasteiger partial charge on any atom is 0.222 e. The fourth-order valence-electron chi connectivity index (χ4n) is 6.42. The van der Waals surface area contributed by atoms with E-state index in [-0.39, 0.29) is 29.2 Å². The number of amides is 1. The Bertz CT molecular complexity index is 868. The van der Waals surface area contributed by atoms with Crippen LogP contribution in [0.2, 0.25) is 5.02 Å². The number of hydrogen-bond donors (Lipinski definition) is 2. The van der Waals surface area contributed by atoms with Gasteiger partial charge < -0.3 is 20.1 Å². The molecule has 0 bridgehead atoms. The Morgan fingerprint density at radius 3 is 2.76 bits per heavy atom. The number of halogens is 3. The molecule has 1 heterocycles. The first-order valence-corrected chi connectivity index (χ1v) is 14.4. The number of likely N-dealkylation sites (tertiary alicyclic amines) is 1. The molecule has 0 aromatic heterocycles. The number of aliphatic hydroxyl groups is 1. The zero-order valence-corrected chi connectivity index (χ0v) is 23.3. The number of nitrogens with one attached hydrogen (secondary N) is 1. The number of benzene rings is 1. The first-order chi connectivity index (χ1) is 17.7. The molecule has 0 radical (unpaired) electrons. The van der Waals surface area contributed by atoms with E-state index in [1.165, 1.54) is 6.07 Å². The number of rotatable bonds is 13. The predicted molar refractivity (Wildman–Crippen MR) is 144 cm³/mol. The molecule has 8 heteroatoms. The Hall–Kier alpha value is -1.28. The Labute approximate surface area is 226 Å². The summed E-state index contributed by atoms with van der Waals surface area (Å²) in [6, 6.07) is 4.55. The molecule has 3 rings (SSSR count). The monoisotopic (exact) mass is 542 g/mol. The van der Waals surface area contributed by atoms with Crippen LogP contribution in [0.15, 0.2) is 18.2 Å². The normalized spacial score (nSPS) is 22.4. The molecule has 1 aliphatic heterocycles. The number of alkyl halides is 1. The highest BCUT2D eigenvalue weighted by molar-refractivity contribution is 6.31. The van der Waals surface area contributed by atoms with E-state index in [1.807, 2.05) is 11.9 Å². The molecule has 1 amide bonds. The zero-order chi connectivity index (χ0) is 26.9. The Morgan fingerprint density at radius 2 is 2.05 bits per heavy atom. The van der Waals surface area contributed by atoms with E-state index >= 15 is 4.39 Å². The summed E-state index contributed by atoms with van der Waals surface area (Å²) in [4.78, 5) is 15.3. The van der Waals surface area contributed by atoms with E-state index in [9.17, 15) is 14.3 Å². The summed E-state index contributed by atoms with van der Waals surface area (Å²) in [5.41, 5.74) is -2.15. The summed E-state index contributed by atoms with van der Waals surface area (Å²) < 4.78 is 35.0. The predicted octanol–water partition coefficient (Wildman–Crippen LogP) is 6.01. The number of piperidine rings is 1. The molecule has 1 aliphatic carbocycles. The van der Waals surface area contributed by atoms with Crippen molar-refractivity contribution in [2.45, 2.75) is 88.3 Å². The van der Waals surface area contributed by atoms with Crippen LogP contribution in [0.1, 0.15) is 82.6 Å². The number of ether oxygens (including phenoxy) is 1. The van der Waals surface area contributed by atoms with Gasteiger partial charge in [0.1, 0.15) is 11.5 Å². The van der Waals surface area contributed by atoms with Crippen molar-refractivity contribution < 1.29 is 23.4 Å². The van der Waals surface area contributed by atoms with Crippen LogP contribution in [0.4, 0.5) is 8.78 Å². The fraction of sp³-hybridized carbons (Fsp3) is 0.759. The van der Waals surface area contributed by atoms with Gasteiger partial charge in [-0.05, 0) is 76.9 Å². The average Bonchev–Trinajstić information content (AvgIpc) is 2.88. The molecule has 1 aromatic carbocycles. The van der Waals surface area contributed by atoms with Crippen molar-refractivity contribution in [2.75, 3.05) is 40.4 Å². The minimum atomic E-state index is -1.36. The fourth-order valence-corrected chi connectivity index (χ4v) is 6.71. The van der Waals surface area contributed by atoms with E-state index in [0.717, 1.165) is 32.1 Å². The smallest absolute Gasteiger partial charge is 0.222 e.